The van der Waals surface area contributed by atoms with Crippen molar-refractivity contribution in [2.75, 3.05) is 44.5 Å². The maximum Gasteiger partial charge on any atom is 0.294 e. The third-order valence-corrected chi connectivity index (χ3v) is 5.55. The Hall–Kier alpha value is -3.96. The second-order valence-corrected chi connectivity index (χ2v) is 7.83. The van der Waals surface area contributed by atoms with E-state index < -0.39 is 4.92 Å². The van der Waals surface area contributed by atoms with E-state index in [1.54, 1.807) is 28.7 Å². The van der Waals surface area contributed by atoms with Gasteiger partial charge in [0.2, 0.25) is 5.95 Å². The summed E-state index contributed by atoms with van der Waals surface area (Å²) in [6.45, 7) is 1.25. The molecule has 0 atom stereocenters. The minimum Gasteiger partial charge on any atom is -0.494 e. The number of ether oxygens (including phenoxy) is 1. The largest absolute Gasteiger partial charge is 0.494 e. The van der Waals surface area contributed by atoms with Crippen molar-refractivity contribution in [2.24, 2.45) is 0 Å². The van der Waals surface area contributed by atoms with E-state index >= 15 is 0 Å². The molecule has 0 spiro atoms. The summed E-state index contributed by atoms with van der Waals surface area (Å²) in [6, 6.07) is 8.71. The van der Waals surface area contributed by atoms with Crippen LogP contribution in [0.3, 0.4) is 0 Å². The van der Waals surface area contributed by atoms with E-state index in [1.165, 1.54) is 19.4 Å². The number of hydrogen-bond donors (Lipinski definition) is 2. The number of hydrogen-bond acceptors (Lipinski definition) is 9. The fourth-order valence-corrected chi connectivity index (χ4v) is 3.72. The van der Waals surface area contributed by atoms with Crippen molar-refractivity contribution in [3.05, 3.63) is 64.1 Å². The van der Waals surface area contributed by atoms with Crippen LogP contribution < -0.4 is 20.3 Å². The predicted molar refractivity (Wildman–Crippen MR) is 138 cm³/mol. The zero-order valence-electron chi connectivity index (χ0n) is 18.8. The van der Waals surface area contributed by atoms with Gasteiger partial charge in [-0.2, -0.15) is 5.10 Å². The number of fused-ring (bicyclic) bond motifs is 1. The van der Waals surface area contributed by atoms with E-state index in [2.05, 4.69) is 25.7 Å². The molecule has 0 amide bonds. The molecule has 3 aromatic heterocycles. The van der Waals surface area contributed by atoms with E-state index in [4.69, 9.17) is 16.3 Å². The SMILES string of the molecule is C.CNCCN(C)c1cc(OC)c(Nc2ncc(Cl)c(-c3cnn4ccccc34)n2)cc1[N+](=O)[O-]. The molecule has 3 heterocycles. The van der Waals surface area contributed by atoms with Crippen molar-refractivity contribution in [2.45, 2.75) is 7.43 Å². The summed E-state index contributed by atoms with van der Waals surface area (Å²) in [5, 5.41) is 22.6. The number of pyridine rings is 1. The molecule has 0 bridgehead atoms. The molecular formula is C23H27ClN8O3. The van der Waals surface area contributed by atoms with Crippen molar-refractivity contribution >= 4 is 40.1 Å². The second kappa shape index (κ2) is 11.0. The molecule has 11 nitrogen and oxygen atoms in total. The molecular weight excluding hydrogens is 472 g/mol. The first-order valence-corrected chi connectivity index (χ1v) is 10.7. The summed E-state index contributed by atoms with van der Waals surface area (Å²) >= 11 is 6.40. The molecule has 1 aromatic carbocycles. The average Bonchev–Trinajstić information content (AvgIpc) is 3.27. The fourth-order valence-electron chi connectivity index (χ4n) is 3.53. The van der Waals surface area contributed by atoms with Crippen LogP contribution in [0.15, 0.2) is 48.9 Å². The topological polar surface area (TPSA) is 123 Å². The third-order valence-electron chi connectivity index (χ3n) is 5.27. The standard InChI is InChI=1S/C22H23ClN8O3.CH4/c1-24-7-9-29(2)18-11-20(34-3)16(10-19(18)31(32)33)27-22-25-13-15(23)21(28-22)14-12-26-30-8-5-4-6-17(14)30;/h4-6,8,10-13,24H,7,9H2,1-3H3,(H,25,27,28);1H4. The molecule has 4 aromatic rings. The Labute approximate surface area is 207 Å². The molecule has 0 aliphatic rings. The van der Waals surface area contributed by atoms with Gasteiger partial charge in [0.05, 0.1) is 46.3 Å². The highest BCUT2D eigenvalue weighted by atomic mass is 35.5. The summed E-state index contributed by atoms with van der Waals surface area (Å²) in [6.07, 6.45) is 4.97. The summed E-state index contributed by atoms with van der Waals surface area (Å²) in [5.74, 6) is 0.617. The first kappa shape index (κ1) is 25.7. The van der Waals surface area contributed by atoms with Crippen LogP contribution in [0.4, 0.5) is 23.0 Å². The number of aromatic nitrogens is 4. The van der Waals surface area contributed by atoms with Gasteiger partial charge < -0.3 is 20.3 Å². The minimum absolute atomic E-state index is 0. The molecule has 2 N–H and O–H groups in total. The third kappa shape index (κ3) is 5.26. The Balaban J connectivity index is 0.00000342. The van der Waals surface area contributed by atoms with Gasteiger partial charge in [0.25, 0.3) is 5.69 Å². The predicted octanol–water partition coefficient (Wildman–Crippen LogP) is 4.40. The Morgan fingerprint density at radius 2 is 2.09 bits per heavy atom. The van der Waals surface area contributed by atoms with Crippen LogP contribution in [0.1, 0.15) is 7.43 Å². The quantitative estimate of drug-likeness (QED) is 0.255. The number of halogens is 1. The monoisotopic (exact) mass is 498 g/mol. The van der Waals surface area contributed by atoms with Crippen molar-refractivity contribution in [1.82, 2.24) is 24.9 Å². The summed E-state index contributed by atoms with van der Waals surface area (Å²) < 4.78 is 7.23. The average molecular weight is 499 g/mol. The maximum absolute atomic E-state index is 11.8. The van der Waals surface area contributed by atoms with E-state index in [0.29, 0.717) is 40.9 Å². The van der Waals surface area contributed by atoms with E-state index in [-0.39, 0.29) is 19.1 Å². The lowest BCUT2D eigenvalue weighted by Crippen LogP contribution is -2.27. The summed E-state index contributed by atoms with van der Waals surface area (Å²) in [7, 11) is 5.11. The molecule has 4 rings (SSSR count). The highest BCUT2D eigenvalue weighted by Gasteiger charge is 2.22. The first-order chi connectivity index (χ1) is 16.4. The molecule has 0 unspecified atom stereocenters. The van der Waals surface area contributed by atoms with Crippen LogP contribution in [0, 0.1) is 10.1 Å². The molecule has 35 heavy (non-hydrogen) atoms. The lowest BCUT2D eigenvalue weighted by molar-refractivity contribution is -0.384. The number of likely N-dealkylation sites (N-methyl/N-ethyl adjacent to an activating group) is 2. The second-order valence-electron chi connectivity index (χ2n) is 7.43. The number of methoxy groups -OCH3 is 1. The smallest absolute Gasteiger partial charge is 0.294 e. The number of nitro groups is 1. The number of benzene rings is 1. The molecule has 0 aliphatic heterocycles. The molecule has 0 aliphatic carbocycles. The van der Waals surface area contributed by atoms with E-state index in [9.17, 15) is 10.1 Å². The van der Waals surface area contributed by atoms with Gasteiger partial charge in [-0.05, 0) is 19.2 Å². The number of anilines is 3. The van der Waals surface area contributed by atoms with Crippen LogP contribution in [0.2, 0.25) is 5.02 Å². The highest BCUT2D eigenvalue weighted by Crippen LogP contribution is 2.39. The zero-order valence-corrected chi connectivity index (χ0v) is 19.6. The van der Waals surface area contributed by atoms with Gasteiger partial charge in [0, 0.05) is 44.0 Å². The lowest BCUT2D eigenvalue weighted by atomic mass is 10.2. The number of nitrogens with zero attached hydrogens (tertiary/aromatic N) is 6. The van der Waals surface area contributed by atoms with Gasteiger partial charge in [-0.15, -0.1) is 0 Å². The molecule has 0 radical (unpaired) electrons. The van der Waals surface area contributed by atoms with Crippen molar-refractivity contribution in [3.8, 4) is 17.0 Å². The van der Waals surface area contributed by atoms with Crippen molar-refractivity contribution < 1.29 is 9.66 Å². The van der Waals surface area contributed by atoms with Gasteiger partial charge in [-0.3, -0.25) is 10.1 Å². The highest BCUT2D eigenvalue weighted by molar-refractivity contribution is 6.33. The number of nitrogens with one attached hydrogen (secondary N) is 2. The molecule has 184 valence electrons. The maximum atomic E-state index is 11.8. The van der Waals surface area contributed by atoms with Gasteiger partial charge in [0.15, 0.2) is 0 Å². The lowest BCUT2D eigenvalue weighted by Gasteiger charge is -2.21. The molecule has 12 heteroatoms. The Kier molecular flexibility index (Phi) is 8.05. The Bertz CT molecular complexity index is 1340. The van der Waals surface area contributed by atoms with E-state index in [0.717, 1.165) is 11.1 Å². The molecule has 0 fully saturated rings. The fraction of sp³-hybridized carbons (Fsp3) is 0.261. The van der Waals surface area contributed by atoms with Crippen molar-refractivity contribution in [1.29, 1.82) is 0 Å². The molecule has 0 saturated carbocycles. The summed E-state index contributed by atoms with van der Waals surface area (Å²) in [5.41, 5.74) is 2.77. The minimum atomic E-state index is -0.428. The van der Waals surface area contributed by atoms with Crippen LogP contribution in [-0.4, -0.2) is 58.8 Å². The van der Waals surface area contributed by atoms with Gasteiger partial charge in [-0.25, -0.2) is 14.5 Å². The van der Waals surface area contributed by atoms with Gasteiger partial charge >= 0.3 is 0 Å². The van der Waals surface area contributed by atoms with Gasteiger partial charge in [0.1, 0.15) is 11.4 Å². The van der Waals surface area contributed by atoms with Crippen LogP contribution >= 0.6 is 11.6 Å². The first-order valence-electron chi connectivity index (χ1n) is 10.4. The molecule has 0 saturated heterocycles. The van der Waals surface area contributed by atoms with Crippen molar-refractivity contribution in [3.63, 3.8) is 0 Å². The van der Waals surface area contributed by atoms with Gasteiger partial charge in [-0.1, -0.05) is 25.1 Å². The van der Waals surface area contributed by atoms with E-state index in [1.807, 2.05) is 31.4 Å². The normalized spacial score (nSPS) is 10.6. The summed E-state index contributed by atoms with van der Waals surface area (Å²) in [4.78, 5) is 22.0. The van der Waals surface area contributed by atoms with Crippen LogP contribution in [-0.2, 0) is 0 Å². The van der Waals surface area contributed by atoms with Crippen LogP contribution in [0.5, 0.6) is 5.75 Å². The number of nitro benzene ring substituents is 1. The zero-order chi connectivity index (χ0) is 24.2. The Morgan fingerprint density at radius 1 is 1.29 bits per heavy atom. The Morgan fingerprint density at radius 3 is 2.80 bits per heavy atom. The number of rotatable bonds is 9. The van der Waals surface area contributed by atoms with Crippen LogP contribution in [0.25, 0.3) is 16.8 Å².